The molecular weight excluding hydrogens is 414 g/mol. The fourth-order valence-corrected chi connectivity index (χ4v) is 6.77. The van der Waals surface area contributed by atoms with E-state index in [1.807, 2.05) is 0 Å². The second-order valence-corrected chi connectivity index (χ2v) is 10.1. The maximum absolute atomic E-state index is 5.89. The Hall–Kier alpha value is -2.36. The van der Waals surface area contributed by atoms with E-state index in [1.165, 1.54) is 58.5 Å². The van der Waals surface area contributed by atoms with E-state index in [-0.39, 0.29) is 5.92 Å². The molecule has 0 aromatic heterocycles. The summed E-state index contributed by atoms with van der Waals surface area (Å²) in [6.45, 7) is 2.12. The fourth-order valence-electron chi connectivity index (χ4n) is 5.95. The lowest BCUT2D eigenvalue weighted by atomic mass is 9.91. The van der Waals surface area contributed by atoms with Crippen LogP contribution in [-0.4, -0.2) is 15.8 Å². The van der Waals surface area contributed by atoms with Crippen LogP contribution in [0.2, 0.25) is 0 Å². The molecule has 1 heterocycles. The maximum atomic E-state index is 5.89. The van der Waals surface area contributed by atoms with E-state index in [0.29, 0.717) is 12.0 Å². The quantitative estimate of drug-likeness (QED) is 0.401. The molecule has 1 aliphatic heterocycles. The van der Waals surface area contributed by atoms with Crippen molar-refractivity contribution in [3.63, 3.8) is 0 Å². The zero-order valence-electron chi connectivity index (χ0n) is 17.7. The van der Waals surface area contributed by atoms with Crippen LogP contribution in [0.15, 0.2) is 66.7 Å². The lowest BCUT2D eigenvalue weighted by Crippen LogP contribution is -2.26. The molecule has 3 atom stereocenters. The molecular formula is C28H25NS2. The van der Waals surface area contributed by atoms with Crippen LogP contribution in [0.3, 0.4) is 0 Å². The molecule has 0 bridgehead atoms. The number of nitrogens with zero attached hydrogens (tertiary/aromatic N) is 1. The van der Waals surface area contributed by atoms with Crippen molar-refractivity contribution in [2.45, 2.75) is 44.6 Å². The Morgan fingerprint density at radius 2 is 1.68 bits per heavy atom. The van der Waals surface area contributed by atoms with E-state index in [4.69, 9.17) is 24.4 Å². The monoisotopic (exact) mass is 439 g/mol. The first-order valence-electron chi connectivity index (χ1n) is 11.3. The van der Waals surface area contributed by atoms with Crippen LogP contribution in [0.5, 0.6) is 0 Å². The average molecular weight is 440 g/mol. The normalized spacial score (nSPS) is 23.8. The third-order valence-electron chi connectivity index (χ3n) is 7.38. The number of hydrogen-bond donors (Lipinski definition) is 0. The Morgan fingerprint density at radius 3 is 2.52 bits per heavy atom. The molecule has 0 radical (unpaired) electrons. The van der Waals surface area contributed by atoms with Crippen LogP contribution in [0.4, 0.5) is 11.4 Å². The van der Waals surface area contributed by atoms with Crippen LogP contribution < -0.4 is 4.90 Å². The number of benzene rings is 3. The number of hydrogen-bond acceptors (Lipinski definition) is 3. The van der Waals surface area contributed by atoms with Crippen molar-refractivity contribution in [2.75, 3.05) is 4.90 Å². The molecule has 0 N–H and O–H groups in total. The minimum atomic E-state index is 0.158. The molecule has 31 heavy (non-hydrogen) atoms. The number of fused-ring (bicyclic) bond motifs is 4. The molecule has 1 fully saturated rings. The standard InChI is InChI=1S/C28H25NS2/c1-17-10-12-21-23(14-17)28(31)24(27(21)30)16-18-11-13-26-22(15-18)20-8-5-9-25(20)29(26)19-6-3-2-4-7-19/h2-4,6-7,10-15,20,24-25H,5,8-9,16H2,1H3. The van der Waals surface area contributed by atoms with Gasteiger partial charge in [-0.2, -0.15) is 0 Å². The third kappa shape index (κ3) is 3.01. The lowest BCUT2D eigenvalue weighted by Gasteiger charge is -2.27. The van der Waals surface area contributed by atoms with Crippen molar-refractivity contribution in [1.82, 2.24) is 0 Å². The number of aryl methyl sites for hydroxylation is 1. The number of para-hydroxylation sites is 1. The van der Waals surface area contributed by atoms with Gasteiger partial charge in [0.25, 0.3) is 0 Å². The number of rotatable bonds is 3. The molecule has 3 aromatic carbocycles. The second kappa shape index (κ2) is 7.36. The molecule has 0 saturated heterocycles. The van der Waals surface area contributed by atoms with Crippen LogP contribution in [-0.2, 0) is 6.42 Å². The molecule has 3 heteroatoms. The first kappa shape index (κ1) is 19.3. The van der Waals surface area contributed by atoms with Crippen molar-refractivity contribution in [1.29, 1.82) is 0 Å². The number of thiocarbonyl (C=S) groups is 2. The predicted octanol–water partition coefficient (Wildman–Crippen LogP) is 7.09. The fraction of sp³-hybridized carbons (Fsp3) is 0.286. The first-order chi connectivity index (χ1) is 15.1. The van der Waals surface area contributed by atoms with Gasteiger partial charge in [0, 0.05) is 39.0 Å². The van der Waals surface area contributed by atoms with Crippen molar-refractivity contribution < 1.29 is 0 Å². The van der Waals surface area contributed by atoms with E-state index >= 15 is 0 Å². The van der Waals surface area contributed by atoms with E-state index in [1.54, 1.807) is 0 Å². The van der Waals surface area contributed by atoms with Crippen LogP contribution in [0.1, 0.15) is 53.0 Å². The highest BCUT2D eigenvalue weighted by atomic mass is 32.1. The van der Waals surface area contributed by atoms with Gasteiger partial charge in [-0.1, -0.05) is 85.0 Å². The maximum Gasteiger partial charge on any atom is 0.0449 e. The summed E-state index contributed by atoms with van der Waals surface area (Å²) in [5.74, 6) is 0.795. The summed E-state index contributed by atoms with van der Waals surface area (Å²) in [6.07, 6.45) is 4.78. The van der Waals surface area contributed by atoms with Gasteiger partial charge in [-0.05, 0) is 66.6 Å². The van der Waals surface area contributed by atoms with Gasteiger partial charge in [0.2, 0.25) is 0 Å². The van der Waals surface area contributed by atoms with E-state index in [9.17, 15) is 0 Å². The van der Waals surface area contributed by atoms with E-state index in [0.717, 1.165) is 16.1 Å². The van der Waals surface area contributed by atoms with Crippen molar-refractivity contribution in [2.24, 2.45) is 5.92 Å². The molecule has 1 saturated carbocycles. The zero-order chi connectivity index (χ0) is 21.1. The topological polar surface area (TPSA) is 3.24 Å². The summed E-state index contributed by atoms with van der Waals surface area (Å²) in [5, 5.41) is 0. The minimum Gasteiger partial charge on any atom is -0.338 e. The molecule has 0 spiro atoms. The van der Waals surface area contributed by atoms with Crippen molar-refractivity contribution in [3.05, 3.63) is 94.5 Å². The summed E-state index contributed by atoms with van der Waals surface area (Å²) in [4.78, 5) is 4.62. The van der Waals surface area contributed by atoms with Crippen molar-refractivity contribution in [3.8, 4) is 0 Å². The molecule has 3 unspecified atom stereocenters. The highest BCUT2D eigenvalue weighted by molar-refractivity contribution is 7.83. The summed E-state index contributed by atoms with van der Waals surface area (Å²) >= 11 is 11.8. The Kier molecular flexibility index (Phi) is 4.59. The first-order valence-corrected chi connectivity index (χ1v) is 12.1. The second-order valence-electron chi connectivity index (χ2n) is 9.24. The van der Waals surface area contributed by atoms with Gasteiger partial charge in [0.05, 0.1) is 0 Å². The Morgan fingerprint density at radius 1 is 0.871 bits per heavy atom. The summed E-state index contributed by atoms with van der Waals surface area (Å²) in [5.41, 5.74) is 9.18. The smallest absolute Gasteiger partial charge is 0.0449 e. The van der Waals surface area contributed by atoms with Crippen molar-refractivity contribution >= 4 is 45.5 Å². The minimum absolute atomic E-state index is 0.158. The van der Waals surface area contributed by atoms with E-state index < -0.39 is 0 Å². The lowest BCUT2D eigenvalue weighted by molar-refractivity contribution is 0.641. The number of anilines is 2. The van der Waals surface area contributed by atoms with Gasteiger partial charge in [-0.15, -0.1) is 0 Å². The Balaban J connectivity index is 1.34. The largest absolute Gasteiger partial charge is 0.338 e. The molecule has 3 aliphatic rings. The summed E-state index contributed by atoms with van der Waals surface area (Å²) in [6, 6.07) is 25.1. The third-order valence-corrected chi connectivity index (χ3v) is 8.38. The molecule has 154 valence electrons. The Bertz CT molecular complexity index is 1210. The van der Waals surface area contributed by atoms with Gasteiger partial charge in [-0.3, -0.25) is 0 Å². The van der Waals surface area contributed by atoms with Gasteiger partial charge in [-0.25, -0.2) is 0 Å². The highest BCUT2D eigenvalue weighted by Crippen LogP contribution is 2.52. The molecule has 2 aliphatic carbocycles. The van der Waals surface area contributed by atoms with Gasteiger partial charge >= 0.3 is 0 Å². The summed E-state index contributed by atoms with van der Waals surface area (Å²) in [7, 11) is 0. The predicted molar refractivity (Wildman–Crippen MR) is 137 cm³/mol. The zero-order valence-corrected chi connectivity index (χ0v) is 19.3. The van der Waals surface area contributed by atoms with Gasteiger partial charge in [0.15, 0.2) is 0 Å². The van der Waals surface area contributed by atoms with Crippen LogP contribution >= 0.6 is 24.4 Å². The summed E-state index contributed by atoms with van der Waals surface area (Å²) < 4.78 is 0. The molecule has 1 nitrogen and oxygen atoms in total. The highest BCUT2D eigenvalue weighted by Gasteiger charge is 2.42. The van der Waals surface area contributed by atoms with Gasteiger partial charge < -0.3 is 4.90 Å². The van der Waals surface area contributed by atoms with E-state index in [2.05, 4.69) is 78.6 Å². The molecule has 0 amide bonds. The SMILES string of the molecule is Cc1ccc2c(c1)C(=S)C(Cc1ccc3c(c1)C1CCCC1N3c1ccccc1)C2=S. The average Bonchev–Trinajstić information content (AvgIpc) is 3.43. The molecule has 3 aromatic rings. The van der Waals surface area contributed by atoms with Gasteiger partial charge in [0.1, 0.15) is 0 Å². The van der Waals surface area contributed by atoms with Crippen LogP contribution in [0, 0.1) is 12.8 Å². The molecule has 6 rings (SSSR count). The van der Waals surface area contributed by atoms with Crippen LogP contribution in [0.25, 0.3) is 0 Å². The Labute approximate surface area is 195 Å².